The number of rotatable bonds is 11. The van der Waals surface area contributed by atoms with Gasteiger partial charge in [-0.3, -0.25) is 0 Å². The Kier molecular flexibility index (Phi) is 17.1. The molecule has 0 spiro atoms. The SMILES string of the molecule is c1ccc(-c2ccc(-c3cccc(-c4ccccc4-c4ccc5c6c(cccc46)-c4ccccc4-5)c3)cc2)cc1.c1ccc(-c2ccc(-c3cccc(-c4ccccc4-c4ccc5c6c(cccc46)-c4ccccc4-5)c3)cc2)cc1.c1ccc(-c2cccc(-c3ccccc3-c3ccc4c5c(cccc35)-c3ccccc3-4)c2)cc1. The van der Waals surface area contributed by atoms with E-state index in [1.54, 1.807) is 0 Å². The van der Waals surface area contributed by atoms with E-state index in [0.29, 0.717) is 0 Å². The Labute approximate surface area is 665 Å². The van der Waals surface area contributed by atoms with Crippen LogP contribution in [0.4, 0.5) is 0 Å². The van der Waals surface area contributed by atoms with Gasteiger partial charge in [-0.05, 0) is 240 Å². The molecule has 0 aromatic heterocycles. The minimum Gasteiger partial charge on any atom is -0.0622 e. The minimum atomic E-state index is 1.22. The highest BCUT2D eigenvalue weighted by atomic mass is 14.3. The predicted octanol–water partition coefficient (Wildman–Crippen LogP) is 31.8. The van der Waals surface area contributed by atoms with E-state index < -0.39 is 0 Å². The summed E-state index contributed by atoms with van der Waals surface area (Å²) in [6, 6.07) is 163. The van der Waals surface area contributed by atoms with Crippen LogP contribution in [0.3, 0.4) is 0 Å². The van der Waals surface area contributed by atoms with E-state index in [0.717, 1.165) is 0 Å². The quantitative estimate of drug-likeness (QED) is 0.121. The van der Waals surface area contributed by atoms with E-state index in [1.807, 2.05) is 0 Å². The van der Waals surface area contributed by atoms with E-state index in [2.05, 4.69) is 449 Å². The molecule has 0 amide bonds. The van der Waals surface area contributed by atoms with Gasteiger partial charge in [0.25, 0.3) is 0 Å². The van der Waals surface area contributed by atoms with Crippen LogP contribution in [-0.4, -0.2) is 0 Å². The monoisotopic (exact) mass is 1440 g/mol. The predicted molar refractivity (Wildman–Crippen MR) is 485 cm³/mol. The highest BCUT2D eigenvalue weighted by molar-refractivity contribution is 6.22. The summed E-state index contributed by atoms with van der Waals surface area (Å²) in [5.74, 6) is 0. The van der Waals surface area contributed by atoms with Crippen molar-refractivity contribution < 1.29 is 0 Å². The second-order valence-corrected chi connectivity index (χ2v) is 29.9. The molecule has 530 valence electrons. The highest BCUT2D eigenvalue weighted by Crippen LogP contribution is 2.54. The summed E-state index contributed by atoms with van der Waals surface area (Å²) in [4.78, 5) is 0. The third-order valence-corrected chi connectivity index (χ3v) is 23.6. The minimum absolute atomic E-state index is 1.22. The largest absolute Gasteiger partial charge is 0.0622 e. The molecule has 0 atom stereocenters. The summed E-state index contributed by atoms with van der Waals surface area (Å²) in [7, 11) is 0. The van der Waals surface area contributed by atoms with Crippen molar-refractivity contribution in [1.82, 2.24) is 0 Å². The summed E-state index contributed by atoms with van der Waals surface area (Å²) in [5.41, 5.74) is 43.5. The molecule has 20 aromatic carbocycles. The van der Waals surface area contributed by atoms with Crippen LogP contribution in [-0.2, 0) is 0 Å². The van der Waals surface area contributed by atoms with Gasteiger partial charge in [-0.1, -0.05) is 431 Å². The van der Waals surface area contributed by atoms with Gasteiger partial charge in [0.15, 0.2) is 0 Å². The lowest BCUT2D eigenvalue weighted by Crippen LogP contribution is -1.88. The summed E-state index contributed by atoms with van der Waals surface area (Å²) in [6.07, 6.45) is 0. The summed E-state index contributed by atoms with van der Waals surface area (Å²) in [6.45, 7) is 0. The molecule has 114 heavy (non-hydrogen) atoms. The Morgan fingerprint density at radius 1 is 0.0789 bits per heavy atom. The van der Waals surface area contributed by atoms with Gasteiger partial charge in [0.05, 0.1) is 0 Å². The lowest BCUT2D eigenvalue weighted by atomic mass is 9.89. The highest BCUT2D eigenvalue weighted by Gasteiger charge is 2.27. The molecule has 3 aliphatic carbocycles. The van der Waals surface area contributed by atoms with E-state index in [1.165, 1.54) is 221 Å². The molecular formula is C114H74. The van der Waals surface area contributed by atoms with Crippen LogP contribution in [0.1, 0.15) is 0 Å². The van der Waals surface area contributed by atoms with Crippen molar-refractivity contribution in [2.45, 2.75) is 0 Å². The van der Waals surface area contributed by atoms with E-state index in [-0.39, 0.29) is 0 Å². The average Bonchev–Trinajstić information content (AvgIpc) is 1.58. The fourth-order valence-corrected chi connectivity index (χ4v) is 18.2. The maximum absolute atomic E-state index is 2.33. The normalized spacial score (nSPS) is 11.5. The Morgan fingerprint density at radius 3 is 0.500 bits per heavy atom. The zero-order chi connectivity index (χ0) is 75.4. The second-order valence-electron chi connectivity index (χ2n) is 29.9. The molecule has 0 nitrogen and oxygen atoms in total. The Hall–Kier alpha value is -14.8. The van der Waals surface area contributed by atoms with Crippen molar-refractivity contribution in [1.29, 1.82) is 0 Å². The molecule has 0 N–H and O–H groups in total. The molecule has 3 aliphatic rings. The van der Waals surface area contributed by atoms with Gasteiger partial charge < -0.3 is 0 Å². The van der Waals surface area contributed by atoms with Crippen molar-refractivity contribution in [2.75, 3.05) is 0 Å². The summed E-state index contributed by atoms with van der Waals surface area (Å²) < 4.78 is 0. The Balaban J connectivity index is 0.000000108. The van der Waals surface area contributed by atoms with Gasteiger partial charge in [-0.25, -0.2) is 0 Å². The maximum atomic E-state index is 2.33. The summed E-state index contributed by atoms with van der Waals surface area (Å²) in [5, 5.41) is 8.04. The van der Waals surface area contributed by atoms with Crippen LogP contribution in [0, 0.1) is 0 Å². The smallest absolute Gasteiger partial charge is 0.00201 e. The first kappa shape index (κ1) is 67.3. The van der Waals surface area contributed by atoms with Crippen molar-refractivity contribution in [3.63, 3.8) is 0 Å². The third-order valence-electron chi connectivity index (χ3n) is 23.6. The van der Waals surface area contributed by atoms with Crippen LogP contribution in [0.5, 0.6) is 0 Å². The zero-order valence-corrected chi connectivity index (χ0v) is 62.7. The first-order valence-corrected chi connectivity index (χ1v) is 39.5. The van der Waals surface area contributed by atoms with E-state index in [9.17, 15) is 0 Å². The average molecular weight is 1440 g/mol. The molecule has 0 heterocycles. The van der Waals surface area contributed by atoms with Crippen LogP contribution < -0.4 is 0 Å². The number of hydrogen-bond acceptors (Lipinski definition) is 0. The van der Waals surface area contributed by atoms with Gasteiger partial charge in [0.2, 0.25) is 0 Å². The molecular weight excluding hydrogens is 1370 g/mol. The van der Waals surface area contributed by atoms with Gasteiger partial charge in [0, 0.05) is 0 Å². The van der Waals surface area contributed by atoms with Crippen molar-refractivity contribution >= 4 is 32.3 Å². The maximum Gasteiger partial charge on any atom is -0.00201 e. The molecule has 20 aromatic rings. The first-order valence-electron chi connectivity index (χ1n) is 39.5. The lowest BCUT2D eigenvalue weighted by molar-refractivity contribution is 1.57. The number of fused-ring (bicyclic) bond motifs is 9. The number of benzene rings is 20. The molecule has 0 saturated heterocycles. The van der Waals surface area contributed by atoms with E-state index in [4.69, 9.17) is 0 Å². The van der Waals surface area contributed by atoms with E-state index >= 15 is 0 Å². The molecule has 0 unspecified atom stereocenters. The zero-order valence-electron chi connectivity index (χ0n) is 62.7. The fourth-order valence-electron chi connectivity index (χ4n) is 18.2. The molecule has 23 rings (SSSR count). The molecule has 0 fully saturated rings. The van der Waals surface area contributed by atoms with Crippen molar-refractivity contribution in [3.05, 3.63) is 449 Å². The fraction of sp³-hybridized carbons (Fsp3) is 0. The van der Waals surface area contributed by atoms with Crippen molar-refractivity contribution in [2.24, 2.45) is 0 Å². The van der Waals surface area contributed by atoms with Crippen LogP contribution in [0.15, 0.2) is 449 Å². The Morgan fingerprint density at radius 2 is 0.237 bits per heavy atom. The molecule has 0 saturated carbocycles. The first-order chi connectivity index (χ1) is 56.6. The van der Waals surface area contributed by atoms with Crippen LogP contribution in [0.25, 0.3) is 221 Å². The Bertz CT molecular complexity index is 6720. The molecule has 0 bridgehead atoms. The van der Waals surface area contributed by atoms with Crippen LogP contribution in [0.2, 0.25) is 0 Å². The molecule has 0 aliphatic heterocycles. The van der Waals surface area contributed by atoms with Crippen LogP contribution >= 0.6 is 0 Å². The second kappa shape index (κ2) is 28.9. The van der Waals surface area contributed by atoms with Gasteiger partial charge in [0.1, 0.15) is 0 Å². The van der Waals surface area contributed by atoms with Gasteiger partial charge in [-0.15, -0.1) is 0 Å². The standard InChI is InChI=1S/2C40H26.C34H22/c2*1-2-10-27(11-3-1)28-20-22-29(23-21-28)30-12-8-13-31(26-30)32-14-4-5-15-33(32)36-24-25-39-35-17-7-6-16-34(35)37-18-9-19-38(36)40(37)39;1-2-10-23(11-3-1)24-12-8-13-25(22-24)26-14-4-5-15-27(26)30-20-21-33-29-17-7-6-16-28(29)31-18-9-19-32(30)34(31)33/h2*1-26H;1-22H. The topological polar surface area (TPSA) is 0 Å². The molecule has 0 heteroatoms. The lowest BCUT2D eigenvalue weighted by Gasteiger charge is -2.15. The third kappa shape index (κ3) is 12.0. The van der Waals surface area contributed by atoms with Crippen molar-refractivity contribution in [3.8, 4) is 189 Å². The van der Waals surface area contributed by atoms with Gasteiger partial charge in [-0.2, -0.15) is 0 Å². The summed E-state index contributed by atoms with van der Waals surface area (Å²) >= 11 is 0. The number of hydrogen-bond donors (Lipinski definition) is 0. The molecule has 0 radical (unpaired) electrons. The van der Waals surface area contributed by atoms with Gasteiger partial charge >= 0.3 is 0 Å².